The Morgan fingerprint density at radius 2 is 1.64 bits per heavy atom. The first-order chi connectivity index (χ1) is 13.6. The number of rotatable bonds is 8. The third-order valence-corrected chi connectivity index (χ3v) is 5.44. The third kappa shape index (κ3) is 6.65. The maximum atomic E-state index is 12.6. The van der Waals surface area contributed by atoms with Gasteiger partial charge in [-0.05, 0) is 33.1 Å². The summed E-state index contributed by atoms with van der Waals surface area (Å²) >= 11 is 0. The molecule has 2 rings (SSSR count). The predicted molar refractivity (Wildman–Crippen MR) is 112 cm³/mol. The Hall–Kier alpha value is -1.83. The highest BCUT2D eigenvalue weighted by Gasteiger charge is 2.30. The zero-order valence-electron chi connectivity index (χ0n) is 17.9. The van der Waals surface area contributed by atoms with Crippen molar-refractivity contribution in [2.75, 3.05) is 58.9 Å². The van der Waals surface area contributed by atoms with E-state index in [9.17, 15) is 9.59 Å². The number of guanidine groups is 1. The van der Waals surface area contributed by atoms with Crippen molar-refractivity contribution in [1.82, 2.24) is 25.3 Å². The average molecular weight is 395 g/mol. The third-order valence-electron chi connectivity index (χ3n) is 5.44. The van der Waals surface area contributed by atoms with E-state index in [-0.39, 0.29) is 17.9 Å². The van der Waals surface area contributed by atoms with Crippen LogP contribution in [0.15, 0.2) is 4.99 Å². The second-order valence-electron chi connectivity index (χ2n) is 7.57. The Balaban J connectivity index is 1.81. The summed E-state index contributed by atoms with van der Waals surface area (Å²) in [5, 5.41) is 6.22. The fourth-order valence-corrected chi connectivity index (χ4v) is 3.72. The smallest absolute Gasteiger partial charge is 0.239 e. The molecule has 1 unspecified atom stereocenters. The molecule has 1 atom stereocenters. The Labute approximate surface area is 169 Å². The van der Waals surface area contributed by atoms with Gasteiger partial charge in [0.05, 0.1) is 12.6 Å². The van der Waals surface area contributed by atoms with Gasteiger partial charge in [0.15, 0.2) is 5.96 Å². The molecule has 2 saturated heterocycles. The predicted octanol–water partition coefficient (Wildman–Crippen LogP) is 0.497. The van der Waals surface area contributed by atoms with Crippen LogP contribution in [0.2, 0.25) is 0 Å². The van der Waals surface area contributed by atoms with E-state index in [0.717, 1.165) is 77.6 Å². The van der Waals surface area contributed by atoms with Crippen molar-refractivity contribution < 1.29 is 9.59 Å². The van der Waals surface area contributed by atoms with Crippen molar-refractivity contribution in [2.45, 2.75) is 52.5 Å². The van der Waals surface area contributed by atoms with Crippen LogP contribution in [-0.2, 0) is 9.59 Å². The number of piperazine rings is 1. The first kappa shape index (κ1) is 22.5. The number of hydrogen-bond donors (Lipinski definition) is 2. The quantitative estimate of drug-likeness (QED) is 0.463. The lowest BCUT2D eigenvalue weighted by Gasteiger charge is -2.39. The van der Waals surface area contributed by atoms with Crippen LogP contribution in [0.4, 0.5) is 0 Å². The van der Waals surface area contributed by atoms with Gasteiger partial charge in [0.2, 0.25) is 11.8 Å². The normalized spacial score (nSPS) is 19.6. The van der Waals surface area contributed by atoms with Crippen molar-refractivity contribution in [2.24, 2.45) is 4.99 Å². The van der Waals surface area contributed by atoms with Crippen molar-refractivity contribution in [3.8, 4) is 0 Å². The van der Waals surface area contributed by atoms with E-state index in [2.05, 4.69) is 32.3 Å². The van der Waals surface area contributed by atoms with Crippen molar-refractivity contribution in [1.29, 1.82) is 0 Å². The lowest BCUT2D eigenvalue weighted by atomic mass is 10.2. The zero-order valence-corrected chi connectivity index (χ0v) is 17.9. The van der Waals surface area contributed by atoms with E-state index in [0.29, 0.717) is 13.0 Å². The summed E-state index contributed by atoms with van der Waals surface area (Å²) in [6.07, 6.45) is 3.62. The maximum Gasteiger partial charge on any atom is 0.239 e. The van der Waals surface area contributed by atoms with Gasteiger partial charge < -0.3 is 20.4 Å². The van der Waals surface area contributed by atoms with Crippen LogP contribution in [0, 0.1) is 0 Å². The fraction of sp³-hybridized carbons (Fsp3) is 0.850. The van der Waals surface area contributed by atoms with Crippen molar-refractivity contribution in [3.05, 3.63) is 0 Å². The molecular formula is C20H38N6O2. The molecule has 0 aromatic heterocycles. The van der Waals surface area contributed by atoms with E-state index in [1.807, 2.05) is 18.7 Å². The summed E-state index contributed by atoms with van der Waals surface area (Å²) in [5.74, 6) is 1.19. The first-order valence-corrected chi connectivity index (χ1v) is 10.9. The molecule has 0 radical (unpaired) electrons. The van der Waals surface area contributed by atoms with E-state index in [1.54, 1.807) is 0 Å². The molecule has 28 heavy (non-hydrogen) atoms. The number of nitrogens with zero attached hydrogens (tertiary/aromatic N) is 4. The molecule has 2 heterocycles. The molecule has 8 nitrogen and oxygen atoms in total. The van der Waals surface area contributed by atoms with Crippen molar-refractivity contribution >= 4 is 17.8 Å². The Morgan fingerprint density at radius 3 is 2.25 bits per heavy atom. The SMILES string of the molecule is CCCNC(=O)CCN=C(NCC)N1CCN(C(C)C(=O)N2CCCC2)CC1. The summed E-state index contributed by atoms with van der Waals surface area (Å²) in [5.41, 5.74) is 0. The average Bonchev–Trinajstić information content (AvgIpc) is 3.25. The van der Waals surface area contributed by atoms with E-state index < -0.39 is 0 Å². The second kappa shape index (κ2) is 11.9. The standard InChI is InChI=1S/C20H38N6O2/c1-4-9-22-18(27)8-10-23-20(21-5-2)26-15-13-24(14-16-26)17(3)19(28)25-11-6-7-12-25/h17H,4-16H2,1-3H3,(H,21,23)(H,22,27). The topological polar surface area (TPSA) is 80.3 Å². The van der Waals surface area contributed by atoms with Gasteiger partial charge in [-0.25, -0.2) is 0 Å². The van der Waals surface area contributed by atoms with Gasteiger partial charge in [0.1, 0.15) is 0 Å². The highest BCUT2D eigenvalue weighted by Crippen LogP contribution is 2.14. The number of nitrogens with one attached hydrogen (secondary N) is 2. The second-order valence-corrected chi connectivity index (χ2v) is 7.57. The van der Waals surface area contributed by atoms with Crippen LogP contribution in [0.3, 0.4) is 0 Å². The molecule has 2 amide bonds. The number of aliphatic imine (C=N–C) groups is 1. The monoisotopic (exact) mass is 394 g/mol. The lowest BCUT2D eigenvalue weighted by Crippen LogP contribution is -2.57. The van der Waals surface area contributed by atoms with Crippen LogP contribution in [0.25, 0.3) is 0 Å². The number of carbonyl (C=O) groups is 2. The summed E-state index contributed by atoms with van der Waals surface area (Å²) in [6.45, 7) is 13.3. The summed E-state index contributed by atoms with van der Waals surface area (Å²) in [6, 6.07) is -0.0537. The fourth-order valence-electron chi connectivity index (χ4n) is 3.72. The van der Waals surface area contributed by atoms with Crippen LogP contribution >= 0.6 is 0 Å². The van der Waals surface area contributed by atoms with Crippen LogP contribution in [0.5, 0.6) is 0 Å². The van der Waals surface area contributed by atoms with E-state index in [1.165, 1.54) is 0 Å². The zero-order chi connectivity index (χ0) is 20.4. The molecule has 160 valence electrons. The molecule has 0 spiro atoms. The van der Waals surface area contributed by atoms with Crippen molar-refractivity contribution in [3.63, 3.8) is 0 Å². The van der Waals surface area contributed by atoms with Crippen LogP contribution in [0.1, 0.15) is 46.5 Å². The Kier molecular flexibility index (Phi) is 9.54. The number of amides is 2. The molecule has 0 bridgehead atoms. The molecule has 2 aliphatic rings. The van der Waals surface area contributed by atoms with Gasteiger partial charge in [0.25, 0.3) is 0 Å². The highest BCUT2D eigenvalue weighted by atomic mass is 16.2. The van der Waals surface area contributed by atoms with E-state index >= 15 is 0 Å². The first-order valence-electron chi connectivity index (χ1n) is 10.9. The van der Waals surface area contributed by atoms with Gasteiger partial charge >= 0.3 is 0 Å². The molecular weight excluding hydrogens is 356 g/mol. The maximum absolute atomic E-state index is 12.6. The number of hydrogen-bond acceptors (Lipinski definition) is 4. The molecule has 0 aromatic rings. The van der Waals surface area contributed by atoms with Gasteiger partial charge in [0, 0.05) is 58.8 Å². The molecule has 2 aliphatic heterocycles. The van der Waals surface area contributed by atoms with E-state index in [4.69, 9.17) is 0 Å². The Bertz CT molecular complexity index is 525. The molecule has 8 heteroatoms. The summed E-state index contributed by atoms with van der Waals surface area (Å²) in [7, 11) is 0. The minimum Gasteiger partial charge on any atom is -0.357 e. The minimum absolute atomic E-state index is 0.0537. The molecule has 0 saturated carbocycles. The van der Waals surface area contributed by atoms with Gasteiger partial charge in [-0.15, -0.1) is 0 Å². The molecule has 0 aromatic carbocycles. The summed E-state index contributed by atoms with van der Waals surface area (Å²) in [4.78, 5) is 35.5. The van der Waals surface area contributed by atoms with Gasteiger partial charge in [-0.3, -0.25) is 19.5 Å². The minimum atomic E-state index is -0.0537. The number of carbonyl (C=O) groups excluding carboxylic acids is 2. The highest BCUT2D eigenvalue weighted by molar-refractivity contribution is 5.82. The summed E-state index contributed by atoms with van der Waals surface area (Å²) < 4.78 is 0. The molecule has 2 N–H and O–H groups in total. The van der Waals surface area contributed by atoms with Crippen LogP contribution in [-0.4, -0.2) is 97.4 Å². The largest absolute Gasteiger partial charge is 0.357 e. The van der Waals surface area contributed by atoms with Gasteiger partial charge in [-0.1, -0.05) is 6.92 Å². The molecule has 2 fully saturated rings. The van der Waals surface area contributed by atoms with Crippen LogP contribution < -0.4 is 10.6 Å². The Morgan fingerprint density at radius 1 is 0.964 bits per heavy atom. The lowest BCUT2D eigenvalue weighted by molar-refractivity contribution is -0.135. The molecule has 0 aliphatic carbocycles. The number of likely N-dealkylation sites (tertiary alicyclic amines) is 1. The van der Waals surface area contributed by atoms with Gasteiger partial charge in [-0.2, -0.15) is 0 Å².